The fourth-order valence-electron chi connectivity index (χ4n) is 9.34. The molecule has 0 spiro atoms. The summed E-state index contributed by atoms with van der Waals surface area (Å²) in [6.07, 6.45) is -3.70. The number of sulfone groups is 1. The van der Waals surface area contributed by atoms with Crippen LogP contribution in [0.2, 0.25) is 5.02 Å². The zero-order valence-electron chi connectivity index (χ0n) is 55.2. The van der Waals surface area contributed by atoms with Crippen LogP contribution >= 0.6 is 53.8 Å². The number of hydrogen-bond acceptors (Lipinski definition) is 21. The number of carbonyl (C=O) groups excluding carboxylic acids is 7. The maximum absolute atomic E-state index is 12.8. The van der Waals surface area contributed by atoms with Crippen molar-refractivity contribution in [3.8, 4) is 17.2 Å². The second kappa shape index (κ2) is 39.2. The highest BCUT2D eigenvalue weighted by Crippen LogP contribution is 2.39. The number of fused-ring (bicyclic) bond motifs is 1. The van der Waals surface area contributed by atoms with Crippen molar-refractivity contribution in [1.29, 1.82) is 0 Å². The Morgan fingerprint density at radius 3 is 2.04 bits per heavy atom. The molecule has 4 N–H and O–H groups in total. The Labute approximate surface area is 592 Å². The van der Waals surface area contributed by atoms with Crippen LogP contribution in [0.5, 0.6) is 17.2 Å². The summed E-state index contributed by atoms with van der Waals surface area (Å²) in [6.45, 7) is 12.9. The van der Waals surface area contributed by atoms with Crippen molar-refractivity contribution in [2.24, 2.45) is 11.7 Å². The molecule has 5 unspecified atom stereocenters. The number of esters is 2. The van der Waals surface area contributed by atoms with Gasteiger partial charge >= 0.3 is 24.1 Å². The lowest BCUT2D eigenvalue weighted by Gasteiger charge is -2.35. The molecular formula is C64H73Cl4F3N5O22PS. The Balaban J connectivity index is 0.000000338. The van der Waals surface area contributed by atoms with Gasteiger partial charge in [0.2, 0.25) is 5.91 Å². The van der Waals surface area contributed by atoms with E-state index in [9.17, 15) is 84.7 Å². The van der Waals surface area contributed by atoms with Crippen LogP contribution in [0.3, 0.4) is 0 Å². The van der Waals surface area contributed by atoms with E-state index in [1.807, 2.05) is 57.2 Å². The molecule has 2 amide bonds. The summed E-state index contributed by atoms with van der Waals surface area (Å²) < 4.78 is 97.5. The van der Waals surface area contributed by atoms with Crippen molar-refractivity contribution in [2.45, 2.75) is 114 Å². The van der Waals surface area contributed by atoms with Gasteiger partial charge in [-0.05, 0) is 114 Å². The quantitative estimate of drug-likeness (QED) is 0.0110. The lowest BCUT2D eigenvalue weighted by molar-refractivity contribution is -0.385. The Morgan fingerprint density at radius 2 is 1.52 bits per heavy atom. The molecule has 5 atom stereocenters. The molecule has 1 aliphatic heterocycles. The number of ketones is 3. The number of nitro groups is 2. The van der Waals surface area contributed by atoms with E-state index in [1.54, 1.807) is 23.8 Å². The van der Waals surface area contributed by atoms with Gasteiger partial charge in [0.25, 0.3) is 17.3 Å². The number of carboxylic acid groups (broad SMARTS) is 1. The first-order chi connectivity index (χ1) is 46.6. The molecule has 0 aromatic heterocycles. The number of carbonyl (C=O) groups is 8. The Hall–Kier alpha value is -8.13. The summed E-state index contributed by atoms with van der Waals surface area (Å²) in [5, 5.41) is 30.3. The second-order valence-electron chi connectivity index (χ2n) is 22.1. The van der Waals surface area contributed by atoms with Crippen LogP contribution in [0.1, 0.15) is 97.7 Å². The Morgan fingerprint density at radius 1 is 0.900 bits per heavy atom. The van der Waals surface area contributed by atoms with E-state index >= 15 is 0 Å². The van der Waals surface area contributed by atoms with Gasteiger partial charge in [0.05, 0.1) is 67.6 Å². The number of halogens is 7. The number of rotatable bonds is 22. The fourth-order valence-corrected chi connectivity index (χ4v) is 11.3. The number of anilines is 2. The second-order valence-corrected chi connectivity index (χ2v) is 28.4. The normalized spacial score (nSPS) is 15.0. The number of aliphatic carboxylic acids is 1. The minimum atomic E-state index is -4.61. The van der Waals surface area contributed by atoms with Crippen LogP contribution in [0.15, 0.2) is 102 Å². The smallest absolute Gasteiger partial charge is 0.416 e. The number of nitro benzene ring substituents is 2. The van der Waals surface area contributed by atoms with Gasteiger partial charge in [-0.3, -0.25) is 53.6 Å². The topological polar surface area (TPSA) is 393 Å². The maximum atomic E-state index is 12.8. The number of nitrogens with two attached hydrogens (primary N) is 1. The van der Waals surface area contributed by atoms with E-state index in [-0.39, 0.29) is 83.2 Å². The average Bonchev–Trinajstić information content (AvgIpc) is 0.805. The van der Waals surface area contributed by atoms with Crippen LogP contribution in [-0.4, -0.2) is 156 Å². The van der Waals surface area contributed by atoms with Crippen molar-refractivity contribution in [3.63, 3.8) is 0 Å². The van der Waals surface area contributed by atoms with Crippen LogP contribution < -0.4 is 25.0 Å². The van der Waals surface area contributed by atoms with Gasteiger partial charge in [-0.1, -0.05) is 72.1 Å². The van der Waals surface area contributed by atoms with E-state index in [1.165, 1.54) is 13.6 Å². The molecule has 0 saturated heterocycles. The molecule has 1 aliphatic carbocycles. The Kier molecular flexibility index (Phi) is 33.7. The van der Waals surface area contributed by atoms with Crippen molar-refractivity contribution >= 4 is 133 Å². The molecule has 100 heavy (non-hydrogen) atoms. The fraction of sp³-hybridized carbons (Fsp3) is 0.406. The van der Waals surface area contributed by atoms with Gasteiger partial charge in [-0.25, -0.2) is 18.0 Å². The number of benzene rings is 5. The molecule has 2 aliphatic rings. The third-order valence-electron chi connectivity index (χ3n) is 14.2. The van der Waals surface area contributed by atoms with Gasteiger partial charge in [0.15, 0.2) is 45.5 Å². The minimum Gasteiger partial charge on any atom is -0.489 e. The summed E-state index contributed by atoms with van der Waals surface area (Å²) in [7, 11) is -5.16. The predicted molar refractivity (Wildman–Crippen MR) is 364 cm³/mol. The van der Waals surface area contributed by atoms with Crippen LogP contribution in [-0.2, 0) is 70.0 Å². The molecule has 7 rings (SSSR count). The van der Waals surface area contributed by atoms with Crippen LogP contribution in [0, 0.1) is 33.1 Å². The summed E-state index contributed by atoms with van der Waals surface area (Å²) in [5.74, 6) is -6.85. The molecule has 0 bridgehead atoms. The number of nitrogens with zero attached hydrogens (tertiary/aromatic N) is 4. The highest BCUT2D eigenvalue weighted by Gasteiger charge is 2.40. The van der Waals surface area contributed by atoms with Crippen molar-refractivity contribution in [2.75, 3.05) is 61.7 Å². The summed E-state index contributed by atoms with van der Waals surface area (Å²) in [5.41, 5.74) is 5.69. The summed E-state index contributed by atoms with van der Waals surface area (Å²) in [6, 6.07) is 20.4. The maximum Gasteiger partial charge on any atom is 0.416 e. The van der Waals surface area contributed by atoms with E-state index in [2.05, 4.69) is 13.0 Å². The molecule has 1 heterocycles. The molecule has 546 valence electrons. The molecule has 5 aromatic carbocycles. The van der Waals surface area contributed by atoms with Gasteiger partial charge < -0.3 is 49.2 Å². The largest absolute Gasteiger partial charge is 0.489 e. The first-order valence-electron chi connectivity index (χ1n) is 29.9. The molecule has 1 saturated carbocycles. The monoisotopic (exact) mass is 1520 g/mol. The van der Waals surface area contributed by atoms with Crippen LogP contribution in [0.25, 0.3) is 0 Å². The van der Waals surface area contributed by atoms with Crippen molar-refractivity contribution in [1.82, 2.24) is 0 Å². The van der Waals surface area contributed by atoms with Gasteiger partial charge in [-0.2, -0.15) is 13.2 Å². The van der Waals surface area contributed by atoms with Crippen molar-refractivity contribution < 1.29 is 108 Å². The van der Waals surface area contributed by atoms with Gasteiger partial charge in [-0.15, -0.1) is 11.6 Å². The average molecular weight is 1530 g/mol. The number of alkyl halides is 6. The number of para-hydroxylation sites is 3. The molecule has 27 nitrogen and oxygen atoms in total. The van der Waals surface area contributed by atoms with Gasteiger partial charge in [0.1, 0.15) is 47.3 Å². The third kappa shape index (κ3) is 25.5. The number of carboxylic acids is 1. The number of hydrogen-bond donors (Lipinski definition) is 3. The number of aryl methyl sites for hydroxylation is 2. The van der Waals surface area contributed by atoms with Gasteiger partial charge in [0, 0.05) is 57.2 Å². The molecule has 5 aromatic rings. The highest BCUT2D eigenvalue weighted by molar-refractivity contribution is 7.90. The lowest BCUT2D eigenvalue weighted by Crippen LogP contribution is -2.47. The van der Waals surface area contributed by atoms with Crippen molar-refractivity contribution in [3.05, 3.63) is 150 Å². The summed E-state index contributed by atoms with van der Waals surface area (Å²) >= 11 is 22.8. The number of methoxy groups -OCH3 is 1. The highest BCUT2D eigenvalue weighted by atomic mass is 35.5. The molecule has 1 fully saturated rings. The first-order valence-corrected chi connectivity index (χ1v) is 35.9. The van der Waals surface area contributed by atoms with E-state index in [0.29, 0.717) is 31.5 Å². The zero-order valence-corrected chi connectivity index (χ0v) is 59.9. The number of ether oxygens (including phenoxy) is 5. The standard InChI is InChI=1S/C19H15ClF3NO7.C15H22ClNO2.C14H13NO7S.C11H11Cl2NO2.C5H12NO4P/c1-3-29-17(25)10(2)30-18(26)13-9-12(5-6-15(13)24(27)28)31-16-7-4-11(8-14(16)20)19(21,22)23;1-5-13-8-6-7-11(2)15(13)17(14(18)9-16)12(3)10-19-4;1-23(21,22)8-5-6-9(10(7-8)15(19)20)14(18)13-11(16)3-2-4-12(13)17;1-7-6-16-9-5-3-2-4-8(9)14(7)11(15)10(12)13;1-11(9,10)3-2-4(6)5(7)8/h4-10H,3H2,1-2H3;6-8,12H,5,9-10H2,1-4H3;5-7,13H,2-4H2,1H3;2-5,7,10H,6H2,1H3;4H,2-3,6H2,1H3,(H,7,8)(H,9,10). The Bertz CT molecular complexity index is 3960. The third-order valence-corrected chi connectivity index (χ3v) is 17.3. The molecule has 36 heteroatoms. The molecule has 0 radical (unpaired) electrons. The number of amides is 2. The molecular weight excluding hydrogens is 1450 g/mol. The van der Waals surface area contributed by atoms with E-state index in [0.717, 1.165) is 83.7 Å². The minimum absolute atomic E-state index is 0.0223. The predicted octanol–water partition coefficient (Wildman–Crippen LogP) is 11.7. The van der Waals surface area contributed by atoms with E-state index in [4.69, 9.17) is 85.8 Å². The van der Waals surface area contributed by atoms with Crippen LogP contribution in [0.4, 0.5) is 35.9 Å². The lowest BCUT2D eigenvalue weighted by atomic mass is 9.81. The zero-order chi connectivity index (χ0) is 75.9. The van der Waals surface area contributed by atoms with E-state index < -0.39 is 119 Å². The first kappa shape index (κ1) is 86.1. The summed E-state index contributed by atoms with van der Waals surface area (Å²) in [4.78, 5) is 126. The SMILES string of the molecule is CC1COc2ccccc2N1C(=O)C(Cl)Cl.CCOC(=O)C(C)OC(=O)c1cc(Oc2ccc(C(F)(F)F)cc2Cl)ccc1[N+](=O)[O-].CCc1cccc(C)c1N(C(=O)CCl)C(C)COC.CP(=O)(O)CCC(N)C(=O)O.CS(=O)(=O)c1ccc(C(=O)C2C(=O)CCCC2=O)c([N+](=O)[O-])c1. The number of Topliss-reactive ketones (excluding diaryl/α,β-unsaturated/α-hetero) is 3.